The summed E-state index contributed by atoms with van der Waals surface area (Å²) in [5.74, 6) is -1.34. The first-order chi connectivity index (χ1) is 15.8. The van der Waals surface area contributed by atoms with E-state index in [1.807, 2.05) is 6.07 Å². The minimum Gasteiger partial charge on any atom is -0.494 e. The third kappa shape index (κ3) is 4.69. The van der Waals surface area contributed by atoms with Gasteiger partial charge in [-0.1, -0.05) is 18.2 Å². The predicted molar refractivity (Wildman–Crippen MR) is 126 cm³/mol. The molecule has 0 saturated carbocycles. The summed E-state index contributed by atoms with van der Waals surface area (Å²) in [5, 5.41) is 0. The molecule has 1 aliphatic heterocycles. The quantitative estimate of drug-likeness (QED) is 0.540. The maximum absolute atomic E-state index is 13.8. The fourth-order valence-electron chi connectivity index (χ4n) is 4.41. The van der Waals surface area contributed by atoms with Gasteiger partial charge in [-0.25, -0.2) is 8.78 Å². The second-order valence-electron chi connectivity index (χ2n) is 8.35. The summed E-state index contributed by atoms with van der Waals surface area (Å²) in [5.41, 5.74) is 1.54. The van der Waals surface area contributed by atoms with Gasteiger partial charge in [0.15, 0.2) is 0 Å². The van der Waals surface area contributed by atoms with Crippen molar-refractivity contribution in [1.29, 1.82) is 0 Å². The van der Waals surface area contributed by atoms with Gasteiger partial charge in [-0.15, -0.1) is 0 Å². The number of piperidine rings is 1. The maximum atomic E-state index is 13.8. The number of rotatable bonds is 6. The van der Waals surface area contributed by atoms with Gasteiger partial charge in [0.1, 0.15) is 17.3 Å². The second kappa shape index (κ2) is 9.21. The molecule has 0 radical (unpaired) electrons. The molecule has 3 aromatic rings. The lowest BCUT2D eigenvalue weighted by Crippen LogP contribution is -2.44. The number of nitrogens with zero attached hydrogens (tertiary/aromatic N) is 4. The number of pyridine rings is 2. The molecule has 33 heavy (non-hydrogen) atoms. The van der Waals surface area contributed by atoms with Gasteiger partial charge in [-0.3, -0.25) is 14.3 Å². The van der Waals surface area contributed by atoms with Gasteiger partial charge in [-0.2, -0.15) is 0 Å². The summed E-state index contributed by atoms with van der Waals surface area (Å²) < 4.78 is 34.8. The van der Waals surface area contributed by atoms with Crippen molar-refractivity contribution in [1.82, 2.24) is 9.55 Å². The number of benzene rings is 1. The van der Waals surface area contributed by atoms with Crippen LogP contribution in [0.5, 0.6) is 5.75 Å². The number of alkyl halides is 2. The highest BCUT2D eigenvalue weighted by Crippen LogP contribution is 2.39. The molecule has 0 atom stereocenters. The Kier molecular flexibility index (Phi) is 6.35. The van der Waals surface area contributed by atoms with Gasteiger partial charge in [0.2, 0.25) is 0 Å². The Hall–Kier alpha value is -3.42. The van der Waals surface area contributed by atoms with E-state index in [9.17, 15) is 13.6 Å². The standard InChI is InChI=1S/C25H28F2N4O2/c1-25(26,27)18-7-9-19(10-8-18)31(21-17-28-14-11-22(21)33-3)20-12-15-30(16-13-20)23-5-4-6-24(32)29(23)2/h4-11,14,17,20H,12-13,15-16H2,1-3H3. The predicted octanol–water partition coefficient (Wildman–Crippen LogP) is 4.71. The summed E-state index contributed by atoms with van der Waals surface area (Å²) in [6.45, 7) is 2.41. The first kappa shape index (κ1) is 22.8. The van der Waals surface area contributed by atoms with Crippen molar-refractivity contribution in [3.05, 3.63) is 76.8 Å². The highest BCUT2D eigenvalue weighted by molar-refractivity contribution is 5.69. The van der Waals surface area contributed by atoms with Crippen LogP contribution in [0.15, 0.2) is 65.7 Å². The van der Waals surface area contributed by atoms with Crippen molar-refractivity contribution >= 4 is 17.2 Å². The Morgan fingerprint density at radius 3 is 2.42 bits per heavy atom. The van der Waals surface area contributed by atoms with Crippen LogP contribution in [-0.2, 0) is 13.0 Å². The zero-order chi connectivity index (χ0) is 23.6. The molecule has 1 fully saturated rings. The van der Waals surface area contributed by atoms with Gasteiger partial charge < -0.3 is 14.5 Å². The van der Waals surface area contributed by atoms with Crippen molar-refractivity contribution < 1.29 is 13.5 Å². The van der Waals surface area contributed by atoms with Gasteiger partial charge in [0.05, 0.1) is 13.3 Å². The SMILES string of the molecule is COc1ccncc1N(c1ccc(C(C)(F)F)cc1)C1CCN(c2cccc(=O)n2C)CC1. The number of halogens is 2. The van der Waals surface area contributed by atoms with Crippen LogP contribution in [0.3, 0.4) is 0 Å². The van der Waals surface area contributed by atoms with Crippen LogP contribution >= 0.6 is 0 Å². The molecule has 1 saturated heterocycles. The maximum Gasteiger partial charge on any atom is 0.270 e. The van der Waals surface area contributed by atoms with E-state index < -0.39 is 5.92 Å². The molecule has 0 spiro atoms. The normalized spacial score (nSPS) is 14.9. The first-order valence-electron chi connectivity index (χ1n) is 11.0. The van der Waals surface area contributed by atoms with Crippen molar-refractivity contribution in [2.24, 2.45) is 7.05 Å². The Bertz CT molecular complexity index is 1150. The second-order valence-corrected chi connectivity index (χ2v) is 8.35. The third-order valence-corrected chi connectivity index (χ3v) is 6.21. The molecule has 0 bridgehead atoms. The molecule has 4 rings (SSSR count). The minimum absolute atomic E-state index is 0.0239. The van der Waals surface area contributed by atoms with Crippen LogP contribution < -0.4 is 20.1 Å². The zero-order valence-corrected chi connectivity index (χ0v) is 19.0. The Morgan fingerprint density at radius 2 is 1.79 bits per heavy atom. The summed E-state index contributed by atoms with van der Waals surface area (Å²) in [6, 6.07) is 13.6. The molecule has 0 unspecified atom stereocenters. The largest absolute Gasteiger partial charge is 0.494 e. The van der Waals surface area contributed by atoms with E-state index in [4.69, 9.17) is 4.74 Å². The van der Waals surface area contributed by atoms with Crippen molar-refractivity contribution in [3.63, 3.8) is 0 Å². The van der Waals surface area contributed by atoms with Gasteiger partial charge in [0, 0.05) is 62.7 Å². The lowest BCUT2D eigenvalue weighted by atomic mass is 10.0. The van der Waals surface area contributed by atoms with E-state index in [0.29, 0.717) is 5.75 Å². The molecular weight excluding hydrogens is 426 g/mol. The molecule has 3 heterocycles. The van der Waals surface area contributed by atoms with Crippen LogP contribution in [0.25, 0.3) is 0 Å². The van der Waals surface area contributed by atoms with E-state index in [-0.39, 0.29) is 17.2 Å². The molecule has 1 aliphatic rings. The number of hydrogen-bond donors (Lipinski definition) is 0. The highest BCUT2D eigenvalue weighted by atomic mass is 19.3. The van der Waals surface area contributed by atoms with Crippen LogP contribution in [-0.4, -0.2) is 35.8 Å². The van der Waals surface area contributed by atoms with Gasteiger partial charge in [-0.05, 0) is 31.0 Å². The molecule has 8 heteroatoms. The van der Waals surface area contributed by atoms with E-state index in [2.05, 4.69) is 14.8 Å². The van der Waals surface area contributed by atoms with Gasteiger partial charge in [0.25, 0.3) is 11.5 Å². The first-order valence-corrected chi connectivity index (χ1v) is 11.0. The van der Waals surface area contributed by atoms with Gasteiger partial charge >= 0.3 is 0 Å². The molecule has 0 N–H and O–H groups in total. The average molecular weight is 455 g/mol. The molecule has 6 nitrogen and oxygen atoms in total. The van der Waals surface area contributed by atoms with E-state index in [1.165, 1.54) is 12.1 Å². The molecular formula is C25H28F2N4O2. The highest BCUT2D eigenvalue weighted by Gasteiger charge is 2.30. The molecule has 0 amide bonds. The Balaban J connectivity index is 1.65. The minimum atomic E-state index is -2.90. The van der Waals surface area contributed by atoms with Crippen molar-refractivity contribution in [2.75, 3.05) is 30.0 Å². The molecule has 0 aliphatic carbocycles. The number of methoxy groups -OCH3 is 1. The van der Waals surface area contributed by atoms with E-state index >= 15 is 0 Å². The molecule has 1 aromatic carbocycles. The smallest absolute Gasteiger partial charge is 0.270 e. The van der Waals surface area contributed by atoms with E-state index in [0.717, 1.165) is 50.0 Å². The van der Waals surface area contributed by atoms with Crippen LogP contribution in [0, 0.1) is 0 Å². The average Bonchev–Trinajstić information content (AvgIpc) is 2.82. The van der Waals surface area contributed by atoms with E-state index in [1.54, 1.807) is 61.5 Å². The summed E-state index contributed by atoms with van der Waals surface area (Å²) in [7, 11) is 3.39. The third-order valence-electron chi connectivity index (χ3n) is 6.21. The fourth-order valence-corrected chi connectivity index (χ4v) is 4.41. The summed E-state index contributed by atoms with van der Waals surface area (Å²) in [4.78, 5) is 20.7. The number of ether oxygens (including phenoxy) is 1. The Morgan fingerprint density at radius 1 is 1.09 bits per heavy atom. The van der Waals surface area contributed by atoms with Crippen LogP contribution in [0.2, 0.25) is 0 Å². The number of hydrogen-bond acceptors (Lipinski definition) is 5. The van der Waals surface area contributed by atoms with Crippen molar-refractivity contribution in [2.45, 2.75) is 31.7 Å². The lowest BCUT2D eigenvalue weighted by Gasteiger charge is -2.41. The van der Waals surface area contributed by atoms with Crippen LogP contribution in [0.1, 0.15) is 25.3 Å². The molecule has 2 aromatic heterocycles. The summed E-state index contributed by atoms with van der Waals surface area (Å²) >= 11 is 0. The fraction of sp³-hybridized carbons (Fsp3) is 0.360. The lowest BCUT2D eigenvalue weighted by molar-refractivity contribution is 0.0175. The molecule has 174 valence electrons. The topological polar surface area (TPSA) is 50.6 Å². The number of aromatic nitrogens is 2. The number of anilines is 3. The van der Waals surface area contributed by atoms with Crippen molar-refractivity contribution in [3.8, 4) is 5.75 Å². The zero-order valence-electron chi connectivity index (χ0n) is 19.0. The monoisotopic (exact) mass is 454 g/mol. The Labute approximate surface area is 192 Å². The summed E-state index contributed by atoms with van der Waals surface area (Å²) in [6.07, 6.45) is 5.04. The van der Waals surface area contributed by atoms with Crippen LogP contribution in [0.4, 0.5) is 26.0 Å².